The molecule has 0 saturated heterocycles. The lowest BCUT2D eigenvalue weighted by atomic mass is 9.95. The van der Waals surface area contributed by atoms with Crippen molar-refractivity contribution in [1.82, 2.24) is 24.3 Å². The van der Waals surface area contributed by atoms with E-state index in [-0.39, 0.29) is 10.8 Å². The largest absolute Gasteiger partial charge is 0.287 e. The second-order valence-corrected chi connectivity index (χ2v) is 40.6. The Balaban J connectivity index is 0.000000288. The third-order valence-corrected chi connectivity index (χ3v) is 41.7. The summed E-state index contributed by atoms with van der Waals surface area (Å²) in [6, 6.07) is 0. The Morgan fingerprint density at radius 1 is 0.585 bits per heavy atom. The van der Waals surface area contributed by atoms with Gasteiger partial charge < -0.3 is 0 Å². The van der Waals surface area contributed by atoms with Crippen molar-refractivity contribution in [2.45, 2.75) is 52.4 Å². The normalized spacial score (nSPS) is 10.4. The third kappa shape index (κ3) is 15.7. The molecule has 0 aliphatic heterocycles. The molecule has 0 saturated carbocycles. The fraction of sp³-hybridized carbons (Fsp3) is 0.500. The van der Waals surface area contributed by atoms with E-state index in [2.05, 4.69) is 56.5 Å². The van der Waals surface area contributed by atoms with E-state index in [4.69, 9.17) is 27.4 Å². The number of fused-ring (bicyclic) bond motifs is 3. The highest BCUT2D eigenvalue weighted by Crippen LogP contribution is 2.26. The average Bonchev–Trinajstić information content (AvgIpc) is 3.41. The van der Waals surface area contributed by atoms with E-state index >= 15 is 0 Å². The van der Waals surface area contributed by atoms with Gasteiger partial charge in [-0.25, -0.2) is 19.9 Å². The van der Waals surface area contributed by atoms with Crippen LogP contribution in [0, 0.1) is 0 Å². The molecule has 0 N–H and O–H groups in total. The molecular weight excluding hydrogens is 904 g/mol. The minimum atomic E-state index is -0.0979. The molecule has 230 valence electrons. The zero-order valence-electron chi connectivity index (χ0n) is 21.6. The number of hydrogen-bond acceptors (Lipinski definition) is 6. The Kier molecular flexibility index (Phi) is 21.2. The van der Waals surface area contributed by atoms with Crippen molar-refractivity contribution in [3.8, 4) is 0 Å². The zero-order chi connectivity index (χ0) is 30.1. The first-order valence-electron chi connectivity index (χ1n) is 10.4. The minimum absolute atomic E-state index is 0.0833. The molecule has 0 aliphatic carbocycles. The van der Waals surface area contributed by atoms with Crippen LogP contribution in [0.4, 0.5) is 0 Å². The smallest absolute Gasteiger partial charge is 0.168 e. The van der Waals surface area contributed by atoms with E-state index in [1.807, 2.05) is 16.8 Å². The predicted octanol–water partition coefficient (Wildman–Crippen LogP) is 3.22. The number of nitrogens with zero attached hydrogens (tertiary/aromatic N) is 5. The standard InChI is InChI=1S/C16H21N5.S20/c1-15(2,3)13-18-9-10-11(19-13)20-14(16(4,5)6)21-8-7-17-12(10)21;1-3-5-7-9-11-13-15-17-19-20-18-16-14-12-10-8-6-4-2/h7-9H,1-6H3;. The first-order valence-corrected chi connectivity index (χ1v) is 35.7. The van der Waals surface area contributed by atoms with Gasteiger partial charge in [0.25, 0.3) is 0 Å². The van der Waals surface area contributed by atoms with Crippen LogP contribution in [-0.4, -0.2) is 24.3 Å². The number of rotatable bonds is 0. The lowest BCUT2D eigenvalue weighted by molar-refractivity contribution is 0.534. The van der Waals surface area contributed by atoms with Crippen LogP contribution < -0.4 is 0 Å². The summed E-state index contributed by atoms with van der Waals surface area (Å²) < 4.78 is 2.03. The van der Waals surface area contributed by atoms with Gasteiger partial charge in [0, 0.05) is 212 Å². The highest BCUT2D eigenvalue weighted by Gasteiger charge is 2.23. The molecule has 0 atom stereocenters. The molecule has 0 bridgehead atoms. The maximum Gasteiger partial charge on any atom is 0.168 e. The Hall–Kier alpha value is 2.36. The van der Waals surface area contributed by atoms with Crippen molar-refractivity contribution in [2.75, 3.05) is 0 Å². The number of imidazole rings is 1. The quantitative estimate of drug-likeness (QED) is 0.346. The summed E-state index contributed by atoms with van der Waals surface area (Å²) in [6.07, 6.45) is 5.58. The van der Waals surface area contributed by atoms with Crippen LogP contribution in [-0.2, 0) is 193 Å². The Morgan fingerprint density at radius 3 is 1.41 bits per heavy atom. The summed E-state index contributed by atoms with van der Waals surface area (Å²) in [7, 11) is 30.8. The van der Waals surface area contributed by atoms with Gasteiger partial charge in [-0.1, -0.05) is 41.5 Å². The highest BCUT2D eigenvalue weighted by molar-refractivity contribution is 8.78. The van der Waals surface area contributed by atoms with Crippen molar-refractivity contribution in [3.63, 3.8) is 0 Å². The number of aromatic nitrogens is 5. The van der Waals surface area contributed by atoms with Gasteiger partial charge in [0.1, 0.15) is 11.6 Å². The lowest BCUT2D eigenvalue weighted by Crippen LogP contribution is -2.20. The molecule has 0 fully saturated rings. The van der Waals surface area contributed by atoms with Gasteiger partial charge in [0.2, 0.25) is 0 Å². The van der Waals surface area contributed by atoms with Gasteiger partial charge in [-0.3, -0.25) is 4.40 Å². The third-order valence-electron chi connectivity index (χ3n) is 3.90. The first-order chi connectivity index (χ1) is 19.6. The van der Waals surface area contributed by atoms with Gasteiger partial charge in [-0.2, -0.15) is 0 Å². The molecule has 41 heavy (non-hydrogen) atoms. The SMILES string of the molecule is CC(C)(C)c1ncc2c(n1)nc(C(C)(C)C)n1ccnc21.S=S=S=S=S=S=S=S=S=S=S=S=S=S=S=S=S=S=S=S. The molecule has 0 spiro atoms. The fourth-order valence-corrected chi connectivity index (χ4v) is 46.4. The molecular formula is C16H21N5S20. The van der Waals surface area contributed by atoms with Gasteiger partial charge in [-0.15, -0.1) is 0 Å². The summed E-state index contributed by atoms with van der Waals surface area (Å²) in [6.45, 7) is 12.7. The van der Waals surface area contributed by atoms with E-state index in [0.29, 0.717) is 0 Å². The summed E-state index contributed by atoms with van der Waals surface area (Å²) in [5.74, 6) is 1.76. The van der Waals surface area contributed by atoms with Gasteiger partial charge in [-0.05, 0) is 0 Å². The molecule has 3 rings (SSSR count). The maximum absolute atomic E-state index is 4.79. The van der Waals surface area contributed by atoms with E-state index in [0.717, 1.165) is 28.3 Å². The van der Waals surface area contributed by atoms with Gasteiger partial charge in [0.05, 0.1) is 5.39 Å². The van der Waals surface area contributed by atoms with Crippen LogP contribution in [0.25, 0.3) is 16.7 Å². The molecule has 0 amide bonds. The molecule has 3 aromatic heterocycles. The summed E-state index contributed by atoms with van der Waals surface area (Å²) >= 11 is 9.51. The van der Waals surface area contributed by atoms with Crippen molar-refractivity contribution in [2.24, 2.45) is 0 Å². The molecule has 25 heteroatoms. The van der Waals surface area contributed by atoms with E-state index < -0.39 is 0 Å². The summed E-state index contributed by atoms with van der Waals surface area (Å²) in [5, 5.41) is 0.890. The molecule has 0 unspecified atom stereocenters. The molecule has 3 aromatic rings. The molecule has 3 heterocycles. The Bertz CT molecular complexity index is 2130. The first kappa shape index (κ1) is 39.5. The van der Waals surface area contributed by atoms with Crippen molar-refractivity contribution in [1.29, 1.82) is 0 Å². The molecule has 5 nitrogen and oxygen atoms in total. The van der Waals surface area contributed by atoms with Crippen molar-refractivity contribution in [3.05, 3.63) is 30.2 Å². The van der Waals surface area contributed by atoms with E-state index in [1.165, 1.54) is 17.8 Å². The van der Waals surface area contributed by atoms with Gasteiger partial charge >= 0.3 is 0 Å². The van der Waals surface area contributed by atoms with E-state index in [9.17, 15) is 0 Å². The monoisotopic (exact) mass is 923 g/mol. The van der Waals surface area contributed by atoms with Gasteiger partial charge in [0.15, 0.2) is 11.3 Å². The fourth-order valence-electron chi connectivity index (χ4n) is 2.52. The number of hydrogen-bond donors (Lipinski definition) is 0. The van der Waals surface area contributed by atoms with Crippen LogP contribution in [0.2, 0.25) is 0 Å². The second-order valence-electron chi connectivity index (χ2n) is 8.71. The van der Waals surface area contributed by atoms with Crippen LogP contribution >= 0.6 is 0 Å². The second kappa shape index (κ2) is 22.0. The predicted molar refractivity (Wildman–Crippen MR) is 231 cm³/mol. The lowest BCUT2D eigenvalue weighted by Gasteiger charge is -2.21. The molecule has 0 aliphatic rings. The highest BCUT2D eigenvalue weighted by atomic mass is 33.5. The van der Waals surface area contributed by atoms with Crippen LogP contribution in [0.15, 0.2) is 18.6 Å². The Morgan fingerprint density at radius 2 is 1.02 bits per heavy atom. The average molecular weight is 925 g/mol. The van der Waals surface area contributed by atoms with Crippen LogP contribution in [0.5, 0.6) is 0 Å². The summed E-state index contributed by atoms with van der Waals surface area (Å²) in [4.78, 5) is 18.4. The van der Waals surface area contributed by atoms with Crippen molar-refractivity contribution >= 4 is 199 Å². The maximum atomic E-state index is 4.79. The van der Waals surface area contributed by atoms with Crippen LogP contribution in [0.1, 0.15) is 53.2 Å². The molecule has 0 aromatic carbocycles. The molecule has 0 radical (unpaired) electrons. The summed E-state index contributed by atoms with van der Waals surface area (Å²) in [5.41, 5.74) is 1.41. The van der Waals surface area contributed by atoms with Crippen LogP contribution in [0.3, 0.4) is 0 Å². The van der Waals surface area contributed by atoms with E-state index in [1.54, 1.807) is 148 Å². The topological polar surface area (TPSA) is 56.0 Å². The minimum Gasteiger partial charge on any atom is -0.287 e. The zero-order valence-corrected chi connectivity index (χ0v) is 38.0. The van der Waals surface area contributed by atoms with Crippen molar-refractivity contribution < 1.29 is 0 Å². The Labute approximate surface area is 300 Å².